The third-order valence-electron chi connectivity index (χ3n) is 10.6. The number of nitrogens with one attached hydrogen (secondary N) is 1. The number of methoxy groups -OCH3 is 1. The second-order valence-electron chi connectivity index (χ2n) is 11.6. The van der Waals surface area contributed by atoms with Crippen LogP contribution in [0, 0.1) is 40.4 Å². The van der Waals surface area contributed by atoms with E-state index in [2.05, 4.69) is 19.2 Å². The lowest BCUT2D eigenvalue weighted by atomic mass is 9.44. The molecule has 0 aromatic carbocycles. The van der Waals surface area contributed by atoms with Gasteiger partial charge in [-0.3, -0.25) is 4.79 Å². The maximum atomic E-state index is 11.5. The summed E-state index contributed by atoms with van der Waals surface area (Å²) in [5.74, 6) is 4.37. The molecular formula is C26H45NO3. The van der Waals surface area contributed by atoms with Crippen LogP contribution in [0.3, 0.4) is 0 Å². The molecular weight excluding hydrogens is 374 g/mol. The molecule has 4 rings (SSSR count). The Labute approximate surface area is 183 Å². The molecule has 8 atom stereocenters. The highest BCUT2D eigenvalue weighted by atomic mass is 16.5. The smallest absolute Gasteiger partial charge is 0.305 e. The third kappa shape index (κ3) is 3.96. The molecule has 30 heavy (non-hydrogen) atoms. The van der Waals surface area contributed by atoms with Gasteiger partial charge in [0.1, 0.15) is 0 Å². The average Bonchev–Trinajstić information content (AvgIpc) is 3.08. The van der Waals surface area contributed by atoms with Crippen LogP contribution in [-0.2, 0) is 9.53 Å². The lowest BCUT2D eigenvalue weighted by Gasteiger charge is -2.61. The first-order chi connectivity index (χ1) is 14.4. The van der Waals surface area contributed by atoms with Gasteiger partial charge in [0.15, 0.2) is 0 Å². The Morgan fingerprint density at radius 1 is 1.03 bits per heavy atom. The van der Waals surface area contributed by atoms with E-state index in [1.165, 1.54) is 71.3 Å². The second kappa shape index (κ2) is 9.10. The molecule has 0 aromatic heterocycles. The number of hydrogen-bond acceptors (Lipinski definition) is 4. The lowest BCUT2D eigenvalue weighted by Crippen LogP contribution is -2.55. The van der Waals surface area contributed by atoms with Crippen molar-refractivity contribution >= 4 is 5.97 Å². The van der Waals surface area contributed by atoms with E-state index in [4.69, 9.17) is 4.74 Å². The number of aliphatic hydroxyl groups is 1. The van der Waals surface area contributed by atoms with Gasteiger partial charge in [0.2, 0.25) is 0 Å². The van der Waals surface area contributed by atoms with E-state index < -0.39 is 0 Å². The molecule has 4 nitrogen and oxygen atoms in total. The normalized spacial score (nSPS) is 45.3. The van der Waals surface area contributed by atoms with E-state index in [1.807, 2.05) is 0 Å². The highest BCUT2D eigenvalue weighted by Crippen LogP contribution is 2.67. The number of esters is 1. The highest BCUT2D eigenvalue weighted by molar-refractivity contribution is 5.68. The van der Waals surface area contributed by atoms with Crippen molar-refractivity contribution in [2.45, 2.75) is 96.9 Å². The van der Waals surface area contributed by atoms with E-state index in [1.54, 1.807) is 0 Å². The number of ether oxygens (including phenoxy) is 1. The van der Waals surface area contributed by atoms with E-state index in [0.29, 0.717) is 23.3 Å². The number of carbonyl (C=O) groups excluding carboxylic acids is 1. The quantitative estimate of drug-likeness (QED) is 0.574. The van der Waals surface area contributed by atoms with Gasteiger partial charge in [-0.15, -0.1) is 0 Å². The molecule has 0 aliphatic heterocycles. The minimum Gasteiger partial charge on any atom is -0.469 e. The fourth-order valence-corrected chi connectivity index (χ4v) is 8.89. The maximum Gasteiger partial charge on any atom is 0.305 e. The summed E-state index contributed by atoms with van der Waals surface area (Å²) in [6, 6.07) is 0.617. The Morgan fingerprint density at radius 2 is 1.80 bits per heavy atom. The Kier molecular flexibility index (Phi) is 6.85. The number of carbonyl (C=O) groups is 1. The molecule has 0 aromatic rings. The Bertz CT molecular complexity index is 609. The predicted octanol–water partition coefficient (Wildman–Crippen LogP) is 4.94. The van der Waals surface area contributed by atoms with Crippen LogP contribution in [0.2, 0.25) is 0 Å². The van der Waals surface area contributed by atoms with E-state index in [9.17, 15) is 9.90 Å². The van der Waals surface area contributed by atoms with Gasteiger partial charge in [-0.05, 0) is 111 Å². The lowest BCUT2D eigenvalue weighted by molar-refractivity contribution is -0.141. The minimum atomic E-state index is -0.0475. The Morgan fingerprint density at radius 3 is 2.57 bits per heavy atom. The molecule has 4 saturated carbocycles. The fraction of sp³-hybridized carbons (Fsp3) is 0.962. The molecule has 4 fully saturated rings. The molecule has 0 saturated heterocycles. The van der Waals surface area contributed by atoms with Crippen molar-refractivity contribution in [3.8, 4) is 0 Å². The summed E-state index contributed by atoms with van der Waals surface area (Å²) < 4.78 is 4.85. The van der Waals surface area contributed by atoms with Crippen molar-refractivity contribution in [1.82, 2.24) is 5.32 Å². The fourth-order valence-electron chi connectivity index (χ4n) is 8.89. The van der Waals surface area contributed by atoms with Crippen LogP contribution in [0.4, 0.5) is 0 Å². The molecule has 0 radical (unpaired) electrons. The molecule has 0 spiro atoms. The second-order valence-corrected chi connectivity index (χ2v) is 11.6. The SMILES string of the molecule is COC(=O)CCCC1CCC2C3CCC4CC(NCCO)CCC4(C)C3CCC12C. The first-order valence-electron chi connectivity index (χ1n) is 12.8. The molecule has 4 heteroatoms. The van der Waals surface area contributed by atoms with E-state index in [-0.39, 0.29) is 12.6 Å². The van der Waals surface area contributed by atoms with Gasteiger partial charge in [0, 0.05) is 19.0 Å². The maximum absolute atomic E-state index is 11.5. The molecule has 4 aliphatic carbocycles. The van der Waals surface area contributed by atoms with Crippen molar-refractivity contribution in [2.24, 2.45) is 40.4 Å². The van der Waals surface area contributed by atoms with Crippen LogP contribution < -0.4 is 5.32 Å². The van der Waals surface area contributed by atoms with E-state index >= 15 is 0 Å². The predicted molar refractivity (Wildman–Crippen MR) is 120 cm³/mol. The van der Waals surface area contributed by atoms with Crippen molar-refractivity contribution in [1.29, 1.82) is 0 Å². The van der Waals surface area contributed by atoms with Crippen LogP contribution >= 0.6 is 0 Å². The molecule has 2 N–H and O–H groups in total. The Hall–Kier alpha value is -0.610. The zero-order chi connectivity index (χ0) is 21.4. The van der Waals surface area contributed by atoms with Crippen LogP contribution in [0.25, 0.3) is 0 Å². The number of aliphatic hydroxyl groups excluding tert-OH is 1. The van der Waals surface area contributed by atoms with Gasteiger partial charge in [-0.25, -0.2) is 0 Å². The summed E-state index contributed by atoms with van der Waals surface area (Å²) in [6.07, 6.45) is 15.2. The molecule has 0 amide bonds. The Balaban J connectivity index is 1.40. The molecule has 8 unspecified atom stereocenters. The summed E-state index contributed by atoms with van der Waals surface area (Å²) in [5.41, 5.74) is 1.03. The monoisotopic (exact) mass is 419 g/mol. The van der Waals surface area contributed by atoms with Gasteiger partial charge in [-0.2, -0.15) is 0 Å². The van der Waals surface area contributed by atoms with Crippen LogP contribution in [0.15, 0.2) is 0 Å². The van der Waals surface area contributed by atoms with Gasteiger partial charge in [0.25, 0.3) is 0 Å². The van der Waals surface area contributed by atoms with Gasteiger partial charge < -0.3 is 15.2 Å². The first kappa shape index (κ1) is 22.6. The average molecular weight is 420 g/mol. The zero-order valence-corrected chi connectivity index (χ0v) is 19.6. The summed E-state index contributed by atoms with van der Waals surface area (Å²) in [5, 5.41) is 12.8. The first-order valence-corrected chi connectivity index (χ1v) is 12.8. The summed E-state index contributed by atoms with van der Waals surface area (Å²) in [6.45, 7) is 6.25. The molecule has 4 aliphatic rings. The molecule has 172 valence electrons. The largest absolute Gasteiger partial charge is 0.469 e. The topological polar surface area (TPSA) is 58.6 Å². The van der Waals surface area contributed by atoms with Crippen molar-refractivity contribution in [2.75, 3.05) is 20.3 Å². The van der Waals surface area contributed by atoms with Crippen molar-refractivity contribution in [3.63, 3.8) is 0 Å². The van der Waals surface area contributed by atoms with Crippen LogP contribution in [-0.4, -0.2) is 37.4 Å². The van der Waals surface area contributed by atoms with Gasteiger partial charge in [0.05, 0.1) is 13.7 Å². The number of fused-ring (bicyclic) bond motifs is 5. The van der Waals surface area contributed by atoms with E-state index in [0.717, 1.165) is 42.6 Å². The van der Waals surface area contributed by atoms with Crippen LogP contribution in [0.5, 0.6) is 0 Å². The summed E-state index contributed by atoms with van der Waals surface area (Å²) in [7, 11) is 1.50. The highest BCUT2D eigenvalue weighted by Gasteiger charge is 2.59. The van der Waals surface area contributed by atoms with Crippen molar-refractivity contribution in [3.05, 3.63) is 0 Å². The molecule has 0 bridgehead atoms. The van der Waals surface area contributed by atoms with Crippen LogP contribution in [0.1, 0.15) is 90.9 Å². The minimum absolute atomic E-state index is 0.0475. The van der Waals surface area contributed by atoms with Gasteiger partial charge >= 0.3 is 5.97 Å². The third-order valence-corrected chi connectivity index (χ3v) is 10.6. The molecule has 0 heterocycles. The number of rotatable bonds is 7. The zero-order valence-electron chi connectivity index (χ0n) is 19.6. The van der Waals surface area contributed by atoms with Gasteiger partial charge in [-0.1, -0.05) is 13.8 Å². The summed E-state index contributed by atoms with van der Waals surface area (Å²) in [4.78, 5) is 11.5. The van der Waals surface area contributed by atoms with Crippen molar-refractivity contribution < 1.29 is 14.6 Å². The standard InChI is InChI=1S/C26H45NO3/c1-25-14-12-23-21(22(25)10-8-18(25)5-4-6-24(29)30-3)9-7-19-17-20(27-15-16-28)11-13-26(19,23)2/h18-23,27-28H,4-17H2,1-3H3. The number of hydrogen-bond donors (Lipinski definition) is 2. The summed E-state index contributed by atoms with van der Waals surface area (Å²) >= 11 is 0.